The summed E-state index contributed by atoms with van der Waals surface area (Å²) in [5.74, 6) is 2.90. The number of aryl methyl sites for hydroxylation is 1. The van der Waals surface area contributed by atoms with Crippen LogP contribution < -0.4 is 0 Å². The van der Waals surface area contributed by atoms with Gasteiger partial charge in [-0.2, -0.15) is 0 Å². The van der Waals surface area contributed by atoms with Gasteiger partial charge < -0.3 is 4.42 Å². The minimum Gasteiger partial charge on any atom is -0.416 e. The largest absolute Gasteiger partial charge is 0.416 e. The molecule has 1 saturated carbocycles. The van der Waals surface area contributed by atoms with Crippen LogP contribution in [0.25, 0.3) is 22.9 Å². The fraction of sp³-hybridized carbons (Fsp3) is 0.286. The predicted molar refractivity (Wildman–Crippen MR) is 73.1 cm³/mol. The van der Waals surface area contributed by atoms with E-state index < -0.39 is 0 Å². The Bertz CT molecular complexity index is 761. The second kappa shape index (κ2) is 4.69. The zero-order valence-corrected chi connectivity index (χ0v) is 11.4. The van der Waals surface area contributed by atoms with Crippen LogP contribution in [0.2, 0.25) is 0 Å². The van der Waals surface area contributed by atoms with E-state index in [9.17, 15) is 0 Å². The van der Waals surface area contributed by atoms with Crippen LogP contribution in [0.1, 0.15) is 30.4 Å². The Balaban J connectivity index is 1.62. The van der Waals surface area contributed by atoms with Crippen molar-refractivity contribution in [1.82, 2.24) is 30.1 Å². The van der Waals surface area contributed by atoms with E-state index in [1.54, 1.807) is 24.8 Å². The lowest BCUT2D eigenvalue weighted by Crippen LogP contribution is -1.91. The molecule has 0 bridgehead atoms. The van der Waals surface area contributed by atoms with Gasteiger partial charge in [0.1, 0.15) is 11.6 Å². The first-order valence-corrected chi connectivity index (χ1v) is 6.74. The lowest BCUT2D eigenvalue weighted by atomic mass is 10.3. The minimum atomic E-state index is 0.385. The molecule has 0 amide bonds. The molecule has 3 aromatic rings. The van der Waals surface area contributed by atoms with Crippen LogP contribution in [-0.4, -0.2) is 30.1 Å². The maximum atomic E-state index is 5.63. The fourth-order valence-electron chi connectivity index (χ4n) is 1.96. The van der Waals surface area contributed by atoms with Crippen LogP contribution >= 0.6 is 0 Å². The van der Waals surface area contributed by atoms with Crippen molar-refractivity contribution in [2.45, 2.75) is 25.7 Å². The predicted octanol–water partition coefficient (Wildman–Crippen LogP) is 2.17. The van der Waals surface area contributed by atoms with E-state index in [4.69, 9.17) is 4.42 Å². The SMILES string of the molecule is Cc1ncc(-c2nnc(-c3cnc(C4CC4)nc3)o2)cn1. The third kappa shape index (κ3) is 2.37. The molecule has 7 heteroatoms. The standard InChI is InChI=1S/C14H12N6O/c1-8-15-4-10(5-16-8)13-19-20-14(21-13)11-6-17-12(18-7-11)9-2-3-9/h4-7,9H,2-3H2,1H3. The summed E-state index contributed by atoms with van der Waals surface area (Å²) in [6.45, 7) is 1.82. The third-order valence-corrected chi connectivity index (χ3v) is 3.31. The van der Waals surface area contributed by atoms with Gasteiger partial charge in [0.05, 0.1) is 11.1 Å². The molecule has 1 aliphatic carbocycles. The zero-order chi connectivity index (χ0) is 14.2. The monoisotopic (exact) mass is 280 g/mol. The molecule has 0 atom stereocenters. The van der Waals surface area contributed by atoms with Crippen molar-refractivity contribution in [2.75, 3.05) is 0 Å². The van der Waals surface area contributed by atoms with Gasteiger partial charge in [0.15, 0.2) is 0 Å². The van der Waals surface area contributed by atoms with E-state index in [-0.39, 0.29) is 0 Å². The van der Waals surface area contributed by atoms with E-state index in [0.29, 0.717) is 34.7 Å². The molecular formula is C14H12N6O. The first kappa shape index (κ1) is 12.1. The molecule has 0 spiro atoms. The Morgan fingerprint density at radius 1 is 0.857 bits per heavy atom. The Labute approximate surface area is 120 Å². The molecule has 0 N–H and O–H groups in total. The number of rotatable bonds is 3. The van der Waals surface area contributed by atoms with Crippen LogP contribution in [0.4, 0.5) is 0 Å². The quantitative estimate of drug-likeness (QED) is 0.726. The highest BCUT2D eigenvalue weighted by Gasteiger charge is 2.26. The molecule has 3 aromatic heterocycles. The zero-order valence-electron chi connectivity index (χ0n) is 11.4. The van der Waals surface area contributed by atoms with E-state index in [1.165, 1.54) is 12.8 Å². The molecule has 0 radical (unpaired) electrons. The van der Waals surface area contributed by atoms with Crippen molar-refractivity contribution in [1.29, 1.82) is 0 Å². The van der Waals surface area contributed by atoms with Gasteiger partial charge >= 0.3 is 0 Å². The molecule has 104 valence electrons. The van der Waals surface area contributed by atoms with Crippen molar-refractivity contribution >= 4 is 0 Å². The summed E-state index contributed by atoms with van der Waals surface area (Å²) >= 11 is 0. The molecular weight excluding hydrogens is 268 g/mol. The second-order valence-corrected chi connectivity index (χ2v) is 5.04. The smallest absolute Gasteiger partial charge is 0.251 e. The average molecular weight is 280 g/mol. The number of nitrogens with zero attached hydrogens (tertiary/aromatic N) is 6. The van der Waals surface area contributed by atoms with Crippen molar-refractivity contribution in [2.24, 2.45) is 0 Å². The molecule has 21 heavy (non-hydrogen) atoms. The fourth-order valence-corrected chi connectivity index (χ4v) is 1.96. The van der Waals surface area contributed by atoms with Gasteiger partial charge in [-0.1, -0.05) is 0 Å². The van der Waals surface area contributed by atoms with Crippen LogP contribution in [0.5, 0.6) is 0 Å². The lowest BCUT2D eigenvalue weighted by Gasteiger charge is -1.97. The topological polar surface area (TPSA) is 90.5 Å². The number of hydrogen-bond acceptors (Lipinski definition) is 7. The van der Waals surface area contributed by atoms with Crippen molar-refractivity contribution in [3.05, 3.63) is 36.4 Å². The molecule has 4 rings (SSSR count). The summed E-state index contributed by atoms with van der Waals surface area (Å²) in [6.07, 6.45) is 9.13. The molecule has 1 aliphatic rings. The van der Waals surface area contributed by atoms with Gasteiger partial charge in [0.2, 0.25) is 0 Å². The van der Waals surface area contributed by atoms with E-state index in [2.05, 4.69) is 30.1 Å². The van der Waals surface area contributed by atoms with Crippen molar-refractivity contribution < 1.29 is 4.42 Å². The van der Waals surface area contributed by atoms with Crippen LogP contribution in [0.3, 0.4) is 0 Å². The van der Waals surface area contributed by atoms with Crippen LogP contribution in [0, 0.1) is 6.92 Å². The van der Waals surface area contributed by atoms with E-state index >= 15 is 0 Å². The normalized spacial score (nSPS) is 14.3. The highest BCUT2D eigenvalue weighted by molar-refractivity contribution is 5.54. The Kier molecular flexibility index (Phi) is 2.70. The lowest BCUT2D eigenvalue weighted by molar-refractivity contribution is 0.583. The molecule has 0 aromatic carbocycles. The molecule has 1 fully saturated rings. The van der Waals surface area contributed by atoms with Gasteiger partial charge in [0, 0.05) is 30.7 Å². The summed E-state index contributed by atoms with van der Waals surface area (Å²) in [6, 6.07) is 0. The van der Waals surface area contributed by atoms with Gasteiger partial charge in [-0.3, -0.25) is 0 Å². The van der Waals surface area contributed by atoms with Crippen molar-refractivity contribution in [3.8, 4) is 22.9 Å². The minimum absolute atomic E-state index is 0.385. The molecule has 3 heterocycles. The highest BCUT2D eigenvalue weighted by atomic mass is 16.4. The van der Waals surface area contributed by atoms with Gasteiger partial charge in [-0.05, 0) is 19.8 Å². The number of hydrogen-bond donors (Lipinski definition) is 0. The summed E-state index contributed by atoms with van der Waals surface area (Å²) in [7, 11) is 0. The van der Waals surface area contributed by atoms with E-state index in [1.807, 2.05) is 6.92 Å². The summed E-state index contributed by atoms with van der Waals surface area (Å²) in [5, 5.41) is 8.03. The van der Waals surface area contributed by atoms with E-state index in [0.717, 1.165) is 5.82 Å². The third-order valence-electron chi connectivity index (χ3n) is 3.31. The summed E-state index contributed by atoms with van der Waals surface area (Å²) < 4.78 is 5.63. The van der Waals surface area contributed by atoms with Crippen molar-refractivity contribution in [3.63, 3.8) is 0 Å². The first-order chi connectivity index (χ1) is 10.3. The molecule has 7 nitrogen and oxygen atoms in total. The molecule has 0 saturated heterocycles. The maximum absolute atomic E-state index is 5.63. The highest BCUT2D eigenvalue weighted by Crippen LogP contribution is 2.37. The molecule has 0 unspecified atom stereocenters. The molecule has 0 aliphatic heterocycles. The average Bonchev–Trinajstić information content (AvgIpc) is 3.26. The van der Waals surface area contributed by atoms with Crippen LogP contribution in [-0.2, 0) is 0 Å². The second-order valence-electron chi connectivity index (χ2n) is 5.04. The Hall–Kier alpha value is -2.70. The maximum Gasteiger partial charge on any atom is 0.251 e. The Morgan fingerprint density at radius 2 is 1.38 bits per heavy atom. The van der Waals surface area contributed by atoms with Gasteiger partial charge in [0.25, 0.3) is 11.8 Å². The van der Waals surface area contributed by atoms with Gasteiger partial charge in [-0.15, -0.1) is 10.2 Å². The summed E-state index contributed by atoms with van der Waals surface area (Å²) in [5.41, 5.74) is 1.40. The van der Waals surface area contributed by atoms with Gasteiger partial charge in [-0.25, -0.2) is 19.9 Å². The summed E-state index contributed by atoms with van der Waals surface area (Å²) in [4.78, 5) is 16.9. The van der Waals surface area contributed by atoms with Crippen LogP contribution in [0.15, 0.2) is 29.2 Å². The first-order valence-electron chi connectivity index (χ1n) is 6.74. The number of aromatic nitrogens is 6. The Morgan fingerprint density at radius 3 is 1.90 bits per heavy atom.